The van der Waals surface area contributed by atoms with Crippen molar-refractivity contribution >= 4 is 5.70 Å². The minimum Gasteiger partial charge on any atom is -0.378 e. The van der Waals surface area contributed by atoms with Crippen molar-refractivity contribution in [3.63, 3.8) is 0 Å². The van der Waals surface area contributed by atoms with Crippen molar-refractivity contribution < 1.29 is 0 Å². The Balaban J connectivity index is 0.000000699. The lowest BCUT2D eigenvalue weighted by atomic mass is 9.90. The summed E-state index contributed by atoms with van der Waals surface area (Å²) in [6.07, 6.45) is 9.73. The van der Waals surface area contributed by atoms with Gasteiger partial charge in [0.15, 0.2) is 0 Å². The van der Waals surface area contributed by atoms with E-state index in [0.717, 1.165) is 11.6 Å². The summed E-state index contributed by atoms with van der Waals surface area (Å²) in [6.45, 7) is 17.0. The lowest BCUT2D eigenvalue weighted by molar-refractivity contribution is 0.212. The van der Waals surface area contributed by atoms with Gasteiger partial charge in [0.05, 0.1) is 0 Å². The lowest BCUT2D eigenvalue weighted by Gasteiger charge is -2.28. The van der Waals surface area contributed by atoms with Gasteiger partial charge >= 0.3 is 0 Å². The second-order valence-electron chi connectivity index (χ2n) is 8.36. The van der Waals surface area contributed by atoms with Crippen LogP contribution in [0.2, 0.25) is 0 Å². The summed E-state index contributed by atoms with van der Waals surface area (Å²) in [7, 11) is 6.30. The SMILES string of the molecule is C=C(c1ccc(CCC2CCN(C)CC2)cc1)N(C)C.CC.CC1=C=CC1.CCC. The minimum atomic E-state index is 0.919. The molecule has 1 aromatic rings. The normalized spacial score (nSPS) is 15.1. The van der Waals surface area contributed by atoms with Gasteiger partial charge in [0, 0.05) is 26.2 Å². The van der Waals surface area contributed by atoms with Crippen LogP contribution in [-0.2, 0) is 6.42 Å². The van der Waals surface area contributed by atoms with E-state index in [0.29, 0.717) is 0 Å². The number of piperidine rings is 1. The summed E-state index contributed by atoms with van der Waals surface area (Å²) >= 11 is 0. The van der Waals surface area contributed by atoms with Crippen LogP contribution in [0.15, 0.2) is 48.2 Å². The molecule has 0 saturated carbocycles. The molecule has 2 aliphatic rings. The van der Waals surface area contributed by atoms with Crippen molar-refractivity contribution in [3.8, 4) is 0 Å². The number of allylic oxidation sites excluding steroid dienone is 1. The molecule has 2 nitrogen and oxygen atoms in total. The van der Waals surface area contributed by atoms with Crippen molar-refractivity contribution in [1.82, 2.24) is 9.80 Å². The van der Waals surface area contributed by atoms with E-state index >= 15 is 0 Å². The second kappa shape index (κ2) is 17.0. The monoisotopic (exact) mass is 412 g/mol. The van der Waals surface area contributed by atoms with Crippen LogP contribution in [0.1, 0.15) is 77.8 Å². The number of benzene rings is 1. The predicted octanol–water partition coefficient (Wildman–Crippen LogP) is 7.43. The lowest BCUT2D eigenvalue weighted by Crippen LogP contribution is -2.30. The topological polar surface area (TPSA) is 6.48 Å². The summed E-state index contributed by atoms with van der Waals surface area (Å²) < 4.78 is 0. The van der Waals surface area contributed by atoms with Crippen LogP contribution in [0.5, 0.6) is 0 Å². The van der Waals surface area contributed by atoms with Crippen LogP contribution < -0.4 is 0 Å². The Bertz CT molecular complexity index is 625. The molecule has 0 N–H and O–H groups in total. The average Bonchev–Trinajstić information content (AvgIpc) is 2.74. The summed E-state index contributed by atoms with van der Waals surface area (Å²) in [6, 6.07) is 8.93. The Hall–Kier alpha value is -1.76. The molecule has 1 aromatic carbocycles. The fourth-order valence-corrected chi connectivity index (χ4v) is 3.15. The highest BCUT2D eigenvalue weighted by Crippen LogP contribution is 2.22. The van der Waals surface area contributed by atoms with E-state index in [9.17, 15) is 0 Å². The Morgan fingerprint density at radius 2 is 1.57 bits per heavy atom. The molecule has 0 spiro atoms. The molecule has 30 heavy (non-hydrogen) atoms. The third-order valence-electron chi connectivity index (χ3n) is 5.26. The van der Waals surface area contributed by atoms with E-state index < -0.39 is 0 Å². The molecule has 1 aliphatic carbocycles. The van der Waals surface area contributed by atoms with Gasteiger partial charge < -0.3 is 9.80 Å². The third kappa shape index (κ3) is 12.1. The molecule has 1 heterocycles. The molecule has 0 radical (unpaired) electrons. The fraction of sp³-hybridized carbons (Fsp3) is 0.607. The van der Waals surface area contributed by atoms with Crippen LogP contribution in [-0.4, -0.2) is 44.0 Å². The van der Waals surface area contributed by atoms with Crippen molar-refractivity contribution in [3.05, 3.63) is 59.4 Å². The molecule has 170 valence electrons. The van der Waals surface area contributed by atoms with Gasteiger partial charge in [-0.2, -0.15) is 0 Å². The van der Waals surface area contributed by atoms with Gasteiger partial charge in [-0.05, 0) is 81.4 Å². The van der Waals surface area contributed by atoms with Gasteiger partial charge in [0.25, 0.3) is 0 Å². The summed E-state index contributed by atoms with van der Waals surface area (Å²) in [5.41, 5.74) is 8.13. The summed E-state index contributed by atoms with van der Waals surface area (Å²) in [5.74, 6) is 0.919. The number of nitrogens with zero attached hydrogens (tertiary/aromatic N) is 2. The zero-order chi connectivity index (χ0) is 22.9. The van der Waals surface area contributed by atoms with Crippen molar-refractivity contribution in [2.45, 2.75) is 73.1 Å². The molecular weight excluding hydrogens is 364 g/mol. The van der Waals surface area contributed by atoms with Gasteiger partial charge in [-0.1, -0.05) is 65.0 Å². The maximum atomic E-state index is 4.10. The zero-order valence-electron chi connectivity index (χ0n) is 21.2. The molecule has 0 aromatic heterocycles. The predicted molar refractivity (Wildman–Crippen MR) is 137 cm³/mol. The molecule has 0 unspecified atom stereocenters. The first-order valence-corrected chi connectivity index (χ1v) is 11.9. The highest BCUT2D eigenvalue weighted by molar-refractivity contribution is 5.61. The average molecular weight is 413 g/mol. The van der Waals surface area contributed by atoms with E-state index in [1.807, 2.05) is 34.0 Å². The van der Waals surface area contributed by atoms with Crippen molar-refractivity contribution in [2.75, 3.05) is 34.2 Å². The van der Waals surface area contributed by atoms with Crippen LogP contribution >= 0.6 is 0 Å². The van der Waals surface area contributed by atoms with Gasteiger partial charge in [-0.15, -0.1) is 5.73 Å². The number of hydrogen-bond donors (Lipinski definition) is 0. The molecule has 0 amide bonds. The molecule has 1 aliphatic heterocycles. The van der Waals surface area contributed by atoms with E-state index in [-0.39, 0.29) is 0 Å². The highest BCUT2D eigenvalue weighted by atomic mass is 15.1. The Labute approximate surface area is 188 Å². The maximum Gasteiger partial charge on any atom is 0.0361 e. The first kappa shape index (κ1) is 28.2. The Kier molecular flexibility index (Phi) is 16.0. The summed E-state index contributed by atoms with van der Waals surface area (Å²) in [5, 5.41) is 0. The maximum absolute atomic E-state index is 4.10. The third-order valence-corrected chi connectivity index (χ3v) is 5.26. The van der Waals surface area contributed by atoms with Crippen LogP contribution in [0.3, 0.4) is 0 Å². The molecule has 3 rings (SSSR count). The van der Waals surface area contributed by atoms with Gasteiger partial charge in [-0.25, -0.2) is 0 Å². The minimum absolute atomic E-state index is 0.919. The quantitative estimate of drug-likeness (QED) is 0.464. The van der Waals surface area contributed by atoms with E-state index in [4.69, 9.17) is 0 Å². The molecular formula is C28H48N2. The zero-order valence-corrected chi connectivity index (χ0v) is 21.2. The van der Waals surface area contributed by atoms with Crippen LogP contribution in [0.25, 0.3) is 5.70 Å². The van der Waals surface area contributed by atoms with Gasteiger partial charge in [-0.3, -0.25) is 0 Å². The molecule has 1 fully saturated rings. The number of hydrogen-bond acceptors (Lipinski definition) is 2. The molecule has 1 saturated heterocycles. The van der Waals surface area contributed by atoms with Gasteiger partial charge in [0.1, 0.15) is 0 Å². The highest BCUT2D eigenvalue weighted by Gasteiger charge is 2.16. The fourth-order valence-electron chi connectivity index (χ4n) is 3.15. The molecule has 0 atom stereocenters. The first-order chi connectivity index (χ1) is 14.4. The van der Waals surface area contributed by atoms with E-state index in [1.54, 1.807) is 0 Å². The second-order valence-corrected chi connectivity index (χ2v) is 8.36. The number of likely N-dealkylation sites (tertiary alicyclic amines) is 1. The molecule has 2 heteroatoms. The van der Waals surface area contributed by atoms with E-state index in [1.165, 1.54) is 68.3 Å². The molecule has 0 bridgehead atoms. The Morgan fingerprint density at radius 3 is 1.93 bits per heavy atom. The largest absolute Gasteiger partial charge is 0.378 e. The van der Waals surface area contributed by atoms with Crippen LogP contribution in [0, 0.1) is 5.92 Å². The van der Waals surface area contributed by atoms with Crippen molar-refractivity contribution in [2.24, 2.45) is 5.92 Å². The van der Waals surface area contributed by atoms with Crippen LogP contribution in [0.4, 0.5) is 0 Å². The smallest absolute Gasteiger partial charge is 0.0361 e. The Morgan fingerprint density at radius 1 is 1.10 bits per heavy atom. The summed E-state index contributed by atoms with van der Waals surface area (Å²) in [4.78, 5) is 4.51. The number of aryl methyl sites for hydroxylation is 1. The van der Waals surface area contributed by atoms with Gasteiger partial charge in [0.2, 0.25) is 0 Å². The van der Waals surface area contributed by atoms with E-state index in [2.05, 4.69) is 74.2 Å². The van der Waals surface area contributed by atoms with Crippen molar-refractivity contribution in [1.29, 1.82) is 0 Å². The standard InChI is InChI=1S/C18H28N2.C5H6.C3H8.C2H6/c1-15(19(2)3)18-9-7-16(8-10-18)5-6-17-11-13-20(4)14-12-17;1-5-3-2-4-5;1-3-2;1-2/h7-10,17H,1,5-6,11-14H2,2-4H3;2H,3H2,1H3;3H2,1-2H3;1-2H3. The number of rotatable bonds is 5. The first-order valence-electron chi connectivity index (χ1n) is 11.9.